The van der Waals surface area contributed by atoms with E-state index in [1.54, 1.807) is 6.92 Å². The molecule has 0 spiro atoms. The topological polar surface area (TPSA) is 83.5 Å². The summed E-state index contributed by atoms with van der Waals surface area (Å²) in [4.78, 5) is 10.7. The number of aryl methyl sites for hydroxylation is 1. The third-order valence-corrected chi connectivity index (χ3v) is 2.18. The molecule has 0 saturated carbocycles. The van der Waals surface area contributed by atoms with Crippen LogP contribution in [0.15, 0.2) is 12.1 Å². The molecule has 1 aromatic carbocycles. The Labute approximate surface area is 86.1 Å². The van der Waals surface area contributed by atoms with Crippen molar-refractivity contribution in [2.75, 3.05) is 6.61 Å². The number of aliphatic hydroxyl groups excluding tert-OH is 1. The van der Waals surface area contributed by atoms with Gasteiger partial charge in [0, 0.05) is 0 Å². The van der Waals surface area contributed by atoms with Gasteiger partial charge >= 0.3 is 5.97 Å². The fourth-order valence-corrected chi connectivity index (χ4v) is 1.35. The second-order valence-corrected chi connectivity index (χ2v) is 3.28. The SMILES string of the molecule is Cc1cc(F)c(C(=O)O)cc1C(N)CO. The fraction of sp³-hybridized carbons (Fsp3) is 0.300. The van der Waals surface area contributed by atoms with Gasteiger partial charge in [0.1, 0.15) is 5.82 Å². The van der Waals surface area contributed by atoms with E-state index >= 15 is 0 Å². The Morgan fingerprint density at radius 3 is 2.67 bits per heavy atom. The Balaban J connectivity index is 3.29. The van der Waals surface area contributed by atoms with Crippen LogP contribution in [0.25, 0.3) is 0 Å². The summed E-state index contributed by atoms with van der Waals surface area (Å²) >= 11 is 0. The summed E-state index contributed by atoms with van der Waals surface area (Å²) < 4.78 is 13.2. The standard InChI is InChI=1S/C10H12FNO3/c1-5-2-8(11)7(10(14)15)3-6(5)9(12)4-13/h2-3,9,13H,4,12H2,1H3,(H,14,15). The van der Waals surface area contributed by atoms with Crippen molar-refractivity contribution in [3.8, 4) is 0 Å². The number of carboxylic acids is 1. The van der Waals surface area contributed by atoms with E-state index in [9.17, 15) is 9.18 Å². The van der Waals surface area contributed by atoms with Gasteiger partial charge in [-0.15, -0.1) is 0 Å². The van der Waals surface area contributed by atoms with Crippen molar-refractivity contribution in [2.24, 2.45) is 5.73 Å². The highest BCUT2D eigenvalue weighted by Gasteiger charge is 2.16. The minimum atomic E-state index is -1.35. The number of hydrogen-bond acceptors (Lipinski definition) is 3. The first-order valence-electron chi connectivity index (χ1n) is 4.37. The molecule has 0 fully saturated rings. The average molecular weight is 213 g/mol. The lowest BCUT2D eigenvalue weighted by Gasteiger charge is -2.13. The van der Waals surface area contributed by atoms with E-state index in [4.69, 9.17) is 15.9 Å². The average Bonchev–Trinajstić information content (AvgIpc) is 2.16. The van der Waals surface area contributed by atoms with Gasteiger partial charge in [-0.2, -0.15) is 0 Å². The largest absolute Gasteiger partial charge is 0.478 e. The van der Waals surface area contributed by atoms with Gasteiger partial charge in [0.05, 0.1) is 18.2 Å². The lowest BCUT2D eigenvalue weighted by molar-refractivity contribution is 0.0691. The molecular formula is C10H12FNO3. The van der Waals surface area contributed by atoms with Crippen LogP contribution in [-0.2, 0) is 0 Å². The van der Waals surface area contributed by atoms with Gasteiger partial charge in [-0.05, 0) is 30.2 Å². The summed E-state index contributed by atoms with van der Waals surface area (Å²) in [6, 6.07) is 1.58. The molecular weight excluding hydrogens is 201 g/mol. The summed E-state index contributed by atoms with van der Waals surface area (Å²) in [5, 5.41) is 17.5. The van der Waals surface area contributed by atoms with Crippen molar-refractivity contribution in [3.05, 3.63) is 34.6 Å². The van der Waals surface area contributed by atoms with Gasteiger partial charge in [0.15, 0.2) is 0 Å². The first-order valence-corrected chi connectivity index (χ1v) is 4.37. The smallest absolute Gasteiger partial charge is 0.338 e. The zero-order valence-electron chi connectivity index (χ0n) is 8.20. The van der Waals surface area contributed by atoms with Gasteiger partial charge in [0.25, 0.3) is 0 Å². The number of carboxylic acid groups (broad SMARTS) is 1. The van der Waals surface area contributed by atoms with E-state index in [-0.39, 0.29) is 6.61 Å². The molecule has 1 atom stereocenters. The predicted molar refractivity (Wildman–Crippen MR) is 52.1 cm³/mol. The van der Waals surface area contributed by atoms with Crippen LogP contribution >= 0.6 is 0 Å². The molecule has 0 aliphatic heterocycles. The van der Waals surface area contributed by atoms with Gasteiger partial charge in [0.2, 0.25) is 0 Å². The normalized spacial score (nSPS) is 12.5. The summed E-state index contributed by atoms with van der Waals surface area (Å²) in [5.41, 5.74) is 6.09. The molecule has 0 radical (unpaired) electrons. The maximum atomic E-state index is 13.2. The fourth-order valence-electron chi connectivity index (χ4n) is 1.35. The molecule has 5 heteroatoms. The molecule has 0 aliphatic rings. The molecule has 15 heavy (non-hydrogen) atoms. The molecule has 1 unspecified atom stereocenters. The number of benzene rings is 1. The molecule has 0 aromatic heterocycles. The van der Waals surface area contributed by atoms with Crippen molar-refractivity contribution in [1.29, 1.82) is 0 Å². The predicted octanol–water partition coefficient (Wildman–Crippen LogP) is 0.824. The molecule has 1 aromatic rings. The number of aliphatic hydroxyl groups is 1. The Hall–Kier alpha value is -1.46. The van der Waals surface area contributed by atoms with Gasteiger partial charge < -0.3 is 15.9 Å². The number of carbonyl (C=O) groups is 1. The van der Waals surface area contributed by atoms with Crippen LogP contribution in [-0.4, -0.2) is 22.8 Å². The van der Waals surface area contributed by atoms with Crippen molar-refractivity contribution < 1.29 is 19.4 Å². The lowest BCUT2D eigenvalue weighted by atomic mass is 9.99. The van der Waals surface area contributed by atoms with E-state index in [0.717, 1.165) is 12.1 Å². The second kappa shape index (κ2) is 4.37. The third kappa shape index (κ3) is 2.31. The summed E-state index contributed by atoms with van der Waals surface area (Å²) in [7, 11) is 0. The second-order valence-electron chi connectivity index (χ2n) is 3.28. The van der Waals surface area contributed by atoms with Crippen molar-refractivity contribution in [2.45, 2.75) is 13.0 Å². The van der Waals surface area contributed by atoms with E-state index in [2.05, 4.69) is 0 Å². The molecule has 1 rings (SSSR count). The maximum Gasteiger partial charge on any atom is 0.338 e. The van der Waals surface area contributed by atoms with Crippen molar-refractivity contribution >= 4 is 5.97 Å². The zero-order valence-corrected chi connectivity index (χ0v) is 8.20. The molecule has 0 heterocycles. The first-order chi connectivity index (χ1) is 6.97. The third-order valence-electron chi connectivity index (χ3n) is 2.18. The minimum absolute atomic E-state index is 0.314. The molecule has 0 saturated heterocycles. The van der Waals surface area contributed by atoms with E-state index in [0.29, 0.717) is 11.1 Å². The molecule has 4 nitrogen and oxygen atoms in total. The van der Waals surface area contributed by atoms with Crippen LogP contribution < -0.4 is 5.73 Å². The molecule has 82 valence electrons. The van der Waals surface area contributed by atoms with Crippen LogP contribution in [0.3, 0.4) is 0 Å². The molecule has 0 aliphatic carbocycles. The Morgan fingerprint density at radius 2 is 2.20 bits per heavy atom. The summed E-state index contributed by atoms with van der Waals surface area (Å²) in [6.45, 7) is 1.30. The van der Waals surface area contributed by atoms with Gasteiger partial charge in [-0.3, -0.25) is 0 Å². The number of halogens is 1. The summed E-state index contributed by atoms with van der Waals surface area (Å²) in [5.74, 6) is -2.15. The number of rotatable bonds is 3. The quantitative estimate of drug-likeness (QED) is 0.694. The Bertz CT molecular complexity index is 392. The minimum Gasteiger partial charge on any atom is -0.478 e. The number of aromatic carboxylic acids is 1. The van der Waals surface area contributed by atoms with Crippen LogP contribution in [0.5, 0.6) is 0 Å². The Morgan fingerprint density at radius 1 is 1.60 bits per heavy atom. The van der Waals surface area contributed by atoms with Crippen LogP contribution in [0.2, 0.25) is 0 Å². The van der Waals surface area contributed by atoms with Gasteiger partial charge in [-0.1, -0.05) is 0 Å². The molecule has 0 amide bonds. The first kappa shape index (κ1) is 11.6. The zero-order chi connectivity index (χ0) is 11.6. The molecule has 4 N–H and O–H groups in total. The number of nitrogens with two attached hydrogens (primary N) is 1. The van der Waals surface area contributed by atoms with Crippen LogP contribution in [0, 0.1) is 12.7 Å². The van der Waals surface area contributed by atoms with Crippen molar-refractivity contribution in [3.63, 3.8) is 0 Å². The van der Waals surface area contributed by atoms with Crippen LogP contribution in [0.1, 0.15) is 27.5 Å². The summed E-state index contributed by atoms with van der Waals surface area (Å²) in [6.07, 6.45) is 0. The molecule has 0 bridgehead atoms. The van der Waals surface area contributed by atoms with Crippen molar-refractivity contribution in [1.82, 2.24) is 0 Å². The highest BCUT2D eigenvalue weighted by Crippen LogP contribution is 2.20. The van der Waals surface area contributed by atoms with E-state index in [1.807, 2.05) is 0 Å². The number of hydrogen-bond donors (Lipinski definition) is 3. The maximum absolute atomic E-state index is 13.2. The van der Waals surface area contributed by atoms with E-state index < -0.39 is 23.4 Å². The lowest BCUT2D eigenvalue weighted by Crippen LogP contribution is -2.17. The van der Waals surface area contributed by atoms with Crippen LogP contribution in [0.4, 0.5) is 4.39 Å². The highest BCUT2D eigenvalue weighted by atomic mass is 19.1. The van der Waals surface area contributed by atoms with Gasteiger partial charge in [-0.25, -0.2) is 9.18 Å². The monoisotopic (exact) mass is 213 g/mol. The Kier molecular flexibility index (Phi) is 3.39. The van der Waals surface area contributed by atoms with E-state index in [1.165, 1.54) is 0 Å². The highest BCUT2D eigenvalue weighted by molar-refractivity contribution is 5.88.